The first-order chi connectivity index (χ1) is 13.9. The van der Waals surface area contributed by atoms with Crippen LogP contribution in [0.2, 0.25) is 0 Å². The van der Waals surface area contributed by atoms with Crippen LogP contribution in [0.3, 0.4) is 0 Å². The number of carbonyl (C=O) groups is 1. The second-order valence-electron chi connectivity index (χ2n) is 6.93. The van der Waals surface area contributed by atoms with Gasteiger partial charge in [-0.2, -0.15) is 0 Å². The Morgan fingerprint density at radius 2 is 2.10 bits per heavy atom. The third-order valence-electron chi connectivity index (χ3n) is 4.71. The van der Waals surface area contributed by atoms with E-state index in [1.54, 1.807) is 6.07 Å². The Hall–Kier alpha value is -2.74. The molecule has 29 heavy (non-hydrogen) atoms. The highest BCUT2D eigenvalue weighted by Gasteiger charge is 2.17. The van der Waals surface area contributed by atoms with Crippen LogP contribution in [-0.4, -0.2) is 22.5 Å². The van der Waals surface area contributed by atoms with Crippen molar-refractivity contribution in [1.29, 1.82) is 0 Å². The number of nitrogens with zero attached hydrogens (tertiary/aromatic N) is 1. The highest BCUT2D eigenvalue weighted by molar-refractivity contribution is 7.18. The Labute approximate surface area is 171 Å². The molecule has 0 bridgehead atoms. The minimum absolute atomic E-state index is 0.0275. The molecule has 0 aliphatic heterocycles. The van der Waals surface area contributed by atoms with Crippen molar-refractivity contribution < 1.29 is 18.7 Å². The monoisotopic (exact) mass is 418 g/mol. The number of halogens is 1. The van der Waals surface area contributed by atoms with Gasteiger partial charge in [0.25, 0.3) is 5.56 Å². The minimum atomic E-state index is -0.684. The Bertz CT molecular complexity index is 1080. The molecule has 0 aliphatic carbocycles. The Morgan fingerprint density at radius 3 is 2.83 bits per heavy atom. The van der Waals surface area contributed by atoms with Crippen LogP contribution in [0.25, 0.3) is 10.2 Å². The number of aromatic amines is 1. The highest BCUT2D eigenvalue weighted by atomic mass is 32.1. The van der Waals surface area contributed by atoms with Crippen molar-refractivity contribution >= 4 is 27.5 Å². The number of esters is 1. The maximum absolute atomic E-state index is 13.5. The minimum Gasteiger partial charge on any atom is -0.479 e. The molecule has 0 fully saturated rings. The zero-order valence-electron chi connectivity index (χ0n) is 16.6. The zero-order chi connectivity index (χ0) is 21.0. The SMILES string of the molecule is CC[C@H](C)Cc1c(C)sc2nc(COC(=O)COc3ccccc3F)[nH]c(=O)c12. The topological polar surface area (TPSA) is 81.3 Å². The van der Waals surface area contributed by atoms with E-state index in [0.29, 0.717) is 16.1 Å². The lowest BCUT2D eigenvalue weighted by molar-refractivity contribution is -0.147. The summed E-state index contributed by atoms with van der Waals surface area (Å²) < 4.78 is 23.7. The lowest BCUT2D eigenvalue weighted by Crippen LogP contribution is -2.18. The first kappa shape index (κ1) is 21.0. The van der Waals surface area contributed by atoms with E-state index in [-0.39, 0.29) is 23.7 Å². The van der Waals surface area contributed by atoms with Crippen molar-refractivity contribution in [2.75, 3.05) is 6.61 Å². The number of aromatic nitrogens is 2. The molecule has 1 atom stereocenters. The van der Waals surface area contributed by atoms with Gasteiger partial charge in [0, 0.05) is 4.88 Å². The molecule has 8 heteroatoms. The van der Waals surface area contributed by atoms with Crippen LogP contribution in [0, 0.1) is 18.7 Å². The van der Waals surface area contributed by atoms with Crippen LogP contribution in [0.4, 0.5) is 4.39 Å². The summed E-state index contributed by atoms with van der Waals surface area (Å²) >= 11 is 1.47. The number of ether oxygens (including phenoxy) is 2. The van der Waals surface area contributed by atoms with Gasteiger partial charge in [0.15, 0.2) is 18.2 Å². The number of aryl methyl sites for hydroxylation is 1. The van der Waals surface area contributed by atoms with Gasteiger partial charge in [-0.3, -0.25) is 4.79 Å². The number of hydrogen-bond acceptors (Lipinski definition) is 6. The molecule has 1 N–H and O–H groups in total. The number of fused-ring (bicyclic) bond motifs is 1. The summed E-state index contributed by atoms with van der Waals surface area (Å²) in [7, 11) is 0. The van der Waals surface area contributed by atoms with Gasteiger partial charge < -0.3 is 14.5 Å². The predicted molar refractivity (Wildman–Crippen MR) is 110 cm³/mol. The van der Waals surface area contributed by atoms with E-state index in [9.17, 15) is 14.0 Å². The van der Waals surface area contributed by atoms with E-state index in [0.717, 1.165) is 23.3 Å². The zero-order valence-corrected chi connectivity index (χ0v) is 17.4. The van der Waals surface area contributed by atoms with Crippen LogP contribution in [0.1, 0.15) is 36.5 Å². The van der Waals surface area contributed by atoms with Crippen LogP contribution in [0.5, 0.6) is 5.75 Å². The van der Waals surface area contributed by atoms with Crippen molar-refractivity contribution in [3.63, 3.8) is 0 Å². The third kappa shape index (κ3) is 5.00. The fourth-order valence-electron chi connectivity index (χ4n) is 2.92. The highest BCUT2D eigenvalue weighted by Crippen LogP contribution is 2.29. The van der Waals surface area contributed by atoms with Crippen molar-refractivity contribution in [3.8, 4) is 5.75 Å². The lowest BCUT2D eigenvalue weighted by atomic mass is 9.98. The molecule has 0 amide bonds. The molecule has 3 rings (SSSR count). The lowest BCUT2D eigenvalue weighted by Gasteiger charge is -2.09. The van der Waals surface area contributed by atoms with Gasteiger partial charge in [0.05, 0.1) is 5.39 Å². The summed E-state index contributed by atoms with van der Waals surface area (Å²) in [4.78, 5) is 33.3. The van der Waals surface area contributed by atoms with Crippen molar-refractivity contribution in [3.05, 3.63) is 56.7 Å². The number of benzene rings is 1. The largest absolute Gasteiger partial charge is 0.479 e. The van der Waals surface area contributed by atoms with Gasteiger partial charge in [0.2, 0.25) is 0 Å². The summed E-state index contributed by atoms with van der Waals surface area (Å²) in [6, 6.07) is 5.79. The second kappa shape index (κ2) is 9.17. The number of carbonyl (C=O) groups excluding carboxylic acids is 1. The molecule has 6 nitrogen and oxygen atoms in total. The maximum atomic E-state index is 13.5. The average Bonchev–Trinajstić information content (AvgIpc) is 3.01. The first-order valence-corrected chi connectivity index (χ1v) is 10.2. The molecule has 2 aromatic heterocycles. The standard InChI is InChI=1S/C21H23FN2O4S/c1-4-12(2)9-14-13(3)29-21-19(14)20(26)23-17(24-21)10-28-18(25)11-27-16-8-6-5-7-15(16)22/h5-8,12H,4,9-11H2,1-3H3,(H,23,24,26)/t12-/m0/s1. The van der Waals surface area contributed by atoms with Crippen molar-refractivity contribution in [1.82, 2.24) is 9.97 Å². The molecular formula is C21H23FN2O4S. The van der Waals surface area contributed by atoms with Crippen molar-refractivity contribution in [2.45, 2.75) is 40.2 Å². The summed E-state index contributed by atoms with van der Waals surface area (Å²) in [6.07, 6.45) is 1.86. The molecule has 0 spiro atoms. The molecule has 0 saturated heterocycles. The Kier molecular flexibility index (Phi) is 6.64. The second-order valence-corrected chi connectivity index (χ2v) is 8.13. The van der Waals surface area contributed by atoms with Crippen LogP contribution < -0.4 is 10.3 Å². The molecule has 0 unspecified atom stereocenters. The van der Waals surface area contributed by atoms with E-state index in [1.165, 1.54) is 29.5 Å². The fraction of sp³-hybridized carbons (Fsp3) is 0.381. The molecule has 2 heterocycles. The van der Waals surface area contributed by atoms with E-state index in [4.69, 9.17) is 9.47 Å². The summed E-state index contributed by atoms with van der Waals surface area (Å²) in [5, 5.41) is 0.616. The average molecular weight is 418 g/mol. The van der Waals surface area contributed by atoms with E-state index >= 15 is 0 Å². The molecule has 154 valence electrons. The number of nitrogens with one attached hydrogen (secondary N) is 1. The van der Waals surface area contributed by atoms with Gasteiger partial charge in [-0.1, -0.05) is 32.4 Å². The van der Waals surface area contributed by atoms with Gasteiger partial charge in [-0.25, -0.2) is 14.2 Å². The molecule has 3 aromatic rings. The van der Waals surface area contributed by atoms with Gasteiger partial charge in [0.1, 0.15) is 17.3 Å². The Balaban J connectivity index is 1.67. The molecule has 1 aromatic carbocycles. The third-order valence-corrected chi connectivity index (χ3v) is 5.75. The summed E-state index contributed by atoms with van der Waals surface area (Å²) in [6.45, 7) is 5.64. The van der Waals surface area contributed by atoms with Gasteiger partial charge in [-0.05, 0) is 37.0 Å². The summed E-state index contributed by atoms with van der Waals surface area (Å²) in [5.74, 6) is -0.534. The number of para-hydroxylation sites is 1. The number of thiophene rings is 1. The number of hydrogen-bond donors (Lipinski definition) is 1. The maximum Gasteiger partial charge on any atom is 0.344 e. The molecule has 0 saturated carbocycles. The smallest absolute Gasteiger partial charge is 0.344 e. The van der Waals surface area contributed by atoms with Crippen LogP contribution >= 0.6 is 11.3 Å². The van der Waals surface area contributed by atoms with Gasteiger partial charge in [-0.15, -0.1) is 11.3 Å². The summed E-state index contributed by atoms with van der Waals surface area (Å²) in [5.41, 5.74) is 0.807. The predicted octanol–water partition coefficient (Wildman–Crippen LogP) is 4.14. The van der Waals surface area contributed by atoms with Crippen LogP contribution in [-0.2, 0) is 22.6 Å². The number of H-pyrrole nitrogens is 1. The van der Waals surface area contributed by atoms with Crippen LogP contribution in [0.15, 0.2) is 29.1 Å². The van der Waals surface area contributed by atoms with E-state index < -0.39 is 18.4 Å². The Morgan fingerprint density at radius 1 is 1.34 bits per heavy atom. The fourth-order valence-corrected chi connectivity index (χ4v) is 3.99. The van der Waals surface area contributed by atoms with Crippen molar-refractivity contribution in [2.24, 2.45) is 5.92 Å². The normalized spacial score (nSPS) is 12.1. The molecular weight excluding hydrogens is 395 g/mol. The van der Waals surface area contributed by atoms with Gasteiger partial charge >= 0.3 is 5.97 Å². The van der Waals surface area contributed by atoms with E-state index in [2.05, 4.69) is 23.8 Å². The molecule has 0 radical (unpaired) electrons. The van der Waals surface area contributed by atoms with E-state index in [1.807, 2.05) is 6.92 Å². The molecule has 0 aliphatic rings. The number of rotatable bonds is 8. The quantitative estimate of drug-likeness (QED) is 0.556. The first-order valence-electron chi connectivity index (χ1n) is 9.43.